The third kappa shape index (κ3) is 5.69. The molecular weight excluding hydrogens is 819 g/mol. The van der Waals surface area contributed by atoms with Crippen LogP contribution in [0, 0.1) is 0 Å². The Labute approximate surface area is 385 Å². The number of nitrogens with zero attached hydrogens (tertiary/aromatic N) is 5. The van der Waals surface area contributed by atoms with Crippen molar-refractivity contribution in [3.8, 4) is 11.4 Å². The van der Waals surface area contributed by atoms with E-state index in [-0.39, 0.29) is 0 Å². The van der Waals surface area contributed by atoms with Crippen LogP contribution in [0.2, 0.25) is 0 Å². The fourth-order valence-corrected chi connectivity index (χ4v) is 10.9. The van der Waals surface area contributed by atoms with E-state index in [0.29, 0.717) is 5.96 Å². The summed E-state index contributed by atoms with van der Waals surface area (Å²) in [5, 5.41) is 9.37. The molecule has 0 spiro atoms. The molecule has 13 aromatic rings. The van der Waals surface area contributed by atoms with E-state index in [0.717, 1.165) is 102 Å². The number of hydrogen-bond acceptors (Lipinski definition) is 3. The summed E-state index contributed by atoms with van der Waals surface area (Å²) < 4.78 is 13.6. The van der Waals surface area contributed by atoms with Gasteiger partial charge in [-0.05, 0) is 104 Å². The summed E-state index contributed by atoms with van der Waals surface area (Å²) in [5.74, 6) is 0.616. The fourth-order valence-electron chi connectivity index (χ4n) is 10.9. The molecular formula is C61H41N5O. The maximum Gasteiger partial charge on any atom is 0.235 e. The minimum atomic E-state index is 0.616. The predicted octanol–water partition coefficient (Wildman–Crippen LogP) is 15.8. The van der Waals surface area contributed by atoms with E-state index in [9.17, 15) is 0 Å². The van der Waals surface area contributed by atoms with Crippen LogP contribution in [0.25, 0.3) is 104 Å². The summed E-state index contributed by atoms with van der Waals surface area (Å²) in [6.07, 6.45) is 1.50. The van der Waals surface area contributed by atoms with E-state index >= 15 is 0 Å². The number of allylic oxidation sites excluding steroid dienone is 1. The van der Waals surface area contributed by atoms with Gasteiger partial charge in [-0.1, -0.05) is 133 Å². The summed E-state index contributed by atoms with van der Waals surface area (Å²) in [6.45, 7) is 2.24. The Balaban J connectivity index is 1.06. The maximum absolute atomic E-state index is 6.46. The molecule has 5 heterocycles. The lowest BCUT2D eigenvalue weighted by Crippen LogP contribution is -2.16. The number of benzene rings is 9. The van der Waals surface area contributed by atoms with Gasteiger partial charge in [-0.25, -0.2) is 9.98 Å². The molecule has 0 N–H and O–H groups in total. The lowest BCUT2D eigenvalue weighted by molar-refractivity contribution is 0.669. The largest absolute Gasteiger partial charge is 0.456 e. The van der Waals surface area contributed by atoms with E-state index in [4.69, 9.17) is 14.4 Å². The van der Waals surface area contributed by atoms with Crippen molar-refractivity contribution in [2.24, 2.45) is 9.98 Å². The first-order chi connectivity index (χ1) is 33.2. The number of para-hydroxylation sites is 6. The van der Waals surface area contributed by atoms with Crippen molar-refractivity contribution in [3.63, 3.8) is 0 Å². The van der Waals surface area contributed by atoms with Gasteiger partial charge in [0.15, 0.2) is 0 Å². The third-order valence-electron chi connectivity index (χ3n) is 13.9. The number of aromatic nitrogens is 3. The first-order valence-corrected chi connectivity index (χ1v) is 23.0. The Morgan fingerprint density at radius 1 is 0.388 bits per heavy atom. The highest BCUT2D eigenvalue weighted by Gasteiger charge is 2.25. The monoisotopic (exact) mass is 859 g/mol. The number of fused-ring (bicyclic) bond motifs is 13. The molecule has 0 saturated carbocycles. The van der Waals surface area contributed by atoms with Gasteiger partial charge in [0, 0.05) is 60.0 Å². The molecule has 6 nitrogen and oxygen atoms in total. The van der Waals surface area contributed by atoms with Crippen LogP contribution in [0.5, 0.6) is 0 Å². The van der Waals surface area contributed by atoms with Gasteiger partial charge in [0.2, 0.25) is 5.96 Å². The third-order valence-corrected chi connectivity index (χ3v) is 13.9. The van der Waals surface area contributed by atoms with Crippen molar-refractivity contribution < 1.29 is 4.42 Å². The minimum absolute atomic E-state index is 0.616. The van der Waals surface area contributed by atoms with Crippen LogP contribution in [0.15, 0.2) is 226 Å². The SMILES string of the molecule is C/C1=C(c2ccc3c4ccccc4n(-c4ccccc4)c3c2)/N=C(n2c3ccccc3c3c2ccc2c4ccccc4n(-c4ccccc4)c23)\N=C(\c2ccc3c(c2)oc2ccccc23)CC1. The zero-order valence-electron chi connectivity index (χ0n) is 36.7. The van der Waals surface area contributed by atoms with Crippen molar-refractivity contribution in [3.05, 3.63) is 223 Å². The van der Waals surface area contributed by atoms with Crippen LogP contribution in [-0.2, 0) is 0 Å². The molecule has 0 fully saturated rings. The standard InChI is InChI=1S/C61H41N5O/c1-38-28-34-50(39-29-32-47-46-22-11-15-27-56(46)67-57(47)37-39)62-61(63-59(38)40-30-31-45-43-20-8-12-24-51(43)64(55(45)36-40)41-16-4-2-5-17-41)66-53-26-14-10-23-49(53)58-54(66)35-33-48-44-21-9-13-25-52(44)65(60(48)58)42-18-6-3-7-19-42/h2-27,29-33,35-37H,28,34H2,1H3/b59-38-,62-50+,63-61+. The smallest absolute Gasteiger partial charge is 0.235 e. The van der Waals surface area contributed by atoms with Crippen molar-refractivity contribution in [2.45, 2.75) is 19.8 Å². The van der Waals surface area contributed by atoms with Gasteiger partial charge in [-0.15, -0.1) is 0 Å². The molecule has 1 aliphatic heterocycles. The van der Waals surface area contributed by atoms with Crippen LogP contribution in [0.4, 0.5) is 0 Å². The summed E-state index contributed by atoms with van der Waals surface area (Å²) in [4.78, 5) is 11.5. The lowest BCUT2D eigenvalue weighted by atomic mass is 9.97. The van der Waals surface area contributed by atoms with E-state index in [1.807, 2.05) is 12.1 Å². The molecule has 0 radical (unpaired) electrons. The van der Waals surface area contributed by atoms with Crippen LogP contribution in [0.3, 0.4) is 0 Å². The Hall–Kier alpha value is -8.74. The summed E-state index contributed by atoms with van der Waals surface area (Å²) in [6, 6.07) is 73.8. The van der Waals surface area contributed by atoms with Gasteiger partial charge in [0.25, 0.3) is 0 Å². The highest BCUT2D eigenvalue weighted by atomic mass is 16.3. The molecule has 0 saturated heterocycles. The molecule has 14 rings (SSSR count). The second-order valence-electron chi connectivity index (χ2n) is 17.7. The fraction of sp³-hybridized carbons (Fsp3) is 0.0492. The summed E-state index contributed by atoms with van der Waals surface area (Å²) in [7, 11) is 0. The molecule has 4 aromatic heterocycles. The van der Waals surface area contributed by atoms with Gasteiger partial charge >= 0.3 is 0 Å². The zero-order chi connectivity index (χ0) is 44.2. The maximum atomic E-state index is 6.46. The number of hydrogen-bond donors (Lipinski definition) is 0. The molecule has 0 atom stereocenters. The quantitative estimate of drug-likeness (QED) is 0.174. The molecule has 9 aromatic carbocycles. The van der Waals surface area contributed by atoms with Gasteiger partial charge < -0.3 is 13.6 Å². The average Bonchev–Trinajstić information content (AvgIpc) is 4.12. The molecule has 0 bridgehead atoms. The topological polar surface area (TPSA) is 52.6 Å². The highest BCUT2D eigenvalue weighted by molar-refractivity contribution is 6.28. The first kappa shape index (κ1) is 37.6. The van der Waals surface area contributed by atoms with E-state index in [2.05, 4.69) is 215 Å². The van der Waals surface area contributed by atoms with Gasteiger partial charge in [0.05, 0.1) is 44.5 Å². The normalized spacial score (nSPS) is 16.4. The van der Waals surface area contributed by atoms with Crippen molar-refractivity contribution in [2.75, 3.05) is 0 Å². The van der Waals surface area contributed by atoms with Crippen LogP contribution in [-0.4, -0.2) is 25.4 Å². The van der Waals surface area contributed by atoms with Crippen LogP contribution in [0.1, 0.15) is 30.9 Å². The summed E-state index contributed by atoms with van der Waals surface area (Å²) in [5.41, 5.74) is 15.9. The number of rotatable bonds is 4. The number of furan rings is 1. The van der Waals surface area contributed by atoms with E-state index < -0.39 is 0 Å². The van der Waals surface area contributed by atoms with Crippen LogP contribution >= 0.6 is 0 Å². The Kier molecular flexibility index (Phi) is 8.22. The van der Waals surface area contributed by atoms with Gasteiger partial charge in [-0.3, -0.25) is 4.57 Å². The van der Waals surface area contributed by atoms with Crippen molar-refractivity contribution in [1.29, 1.82) is 0 Å². The molecule has 6 heteroatoms. The van der Waals surface area contributed by atoms with Crippen molar-refractivity contribution in [1.82, 2.24) is 13.7 Å². The Morgan fingerprint density at radius 3 is 1.70 bits per heavy atom. The first-order valence-electron chi connectivity index (χ1n) is 23.0. The Morgan fingerprint density at radius 2 is 0.940 bits per heavy atom. The summed E-state index contributed by atoms with van der Waals surface area (Å²) >= 11 is 0. The van der Waals surface area contributed by atoms with Crippen molar-refractivity contribution >= 4 is 105 Å². The molecule has 67 heavy (non-hydrogen) atoms. The van der Waals surface area contributed by atoms with E-state index in [1.54, 1.807) is 0 Å². The molecule has 316 valence electrons. The zero-order valence-corrected chi connectivity index (χ0v) is 36.7. The second kappa shape index (κ2) is 14.6. The minimum Gasteiger partial charge on any atom is -0.456 e. The highest BCUT2D eigenvalue weighted by Crippen LogP contribution is 2.42. The Bertz CT molecular complexity index is 4270. The van der Waals surface area contributed by atoms with E-state index in [1.165, 1.54) is 38.2 Å². The molecule has 0 aliphatic carbocycles. The number of aliphatic imine (C=N–C) groups is 2. The lowest BCUT2D eigenvalue weighted by Gasteiger charge is -2.18. The molecule has 0 unspecified atom stereocenters. The average molecular weight is 860 g/mol. The molecule has 0 amide bonds. The second-order valence-corrected chi connectivity index (χ2v) is 17.7. The van der Waals surface area contributed by atoms with Crippen LogP contribution < -0.4 is 0 Å². The predicted molar refractivity (Wildman–Crippen MR) is 279 cm³/mol. The van der Waals surface area contributed by atoms with Gasteiger partial charge in [0.1, 0.15) is 11.2 Å². The van der Waals surface area contributed by atoms with Gasteiger partial charge in [-0.2, -0.15) is 0 Å². The molecule has 1 aliphatic rings.